The highest BCUT2D eigenvalue weighted by atomic mass is 16.4. The summed E-state index contributed by atoms with van der Waals surface area (Å²) in [7, 11) is 0. The number of nitrogens with one attached hydrogen (secondary N) is 2. The van der Waals surface area contributed by atoms with Crippen molar-refractivity contribution in [2.45, 2.75) is 39.7 Å². The van der Waals surface area contributed by atoms with Crippen molar-refractivity contribution >= 4 is 12.2 Å². The van der Waals surface area contributed by atoms with E-state index in [1.54, 1.807) is 0 Å². The molecule has 0 aromatic rings. The maximum Gasteiger partial charge on any atom is 0.404 e. The van der Waals surface area contributed by atoms with Crippen LogP contribution in [0, 0.1) is 11.8 Å². The first-order chi connectivity index (χ1) is 7.82. The van der Waals surface area contributed by atoms with Crippen LogP contribution in [0.1, 0.15) is 33.6 Å². The molecule has 0 saturated heterocycles. The summed E-state index contributed by atoms with van der Waals surface area (Å²) in [5, 5.41) is 21.8. The van der Waals surface area contributed by atoms with Crippen molar-refractivity contribution in [3.63, 3.8) is 0 Å². The molecule has 0 aromatic carbocycles. The lowest BCUT2D eigenvalue weighted by atomic mass is 9.90. The molecule has 0 aliphatic carbocycles. The largest absolute Gasteiger partial charge is 0.465 e. The van der Waals surface area contributed by atoms with Gasteiger partial charge in [-0.3, -0.25) is 0 Å². The normalized spacial score (nSPS) is 14.1. The van der Waals surface area contributed by atoms with Crippen LogP contribution < -0.4 is 10.6 Å². The molecule has 2 unspecified atom stereocenters. The van der Waals surface area contributed by atoms with E-state index in [-0.39, 0.29) is 12.6 Å². The van der Waals surface area contributed by atoms with Crippen molar-refractivity contribution in [1.29, 1.82) is 0 Å². The molecule has 0 saturated carbocycles. The smallest absolute Gasteiger partial charge is 0.404 e. The van der Waals surface area contributed by atoms with E-state index in [1.165, 1.54) is 0 Å². The van der Waals surface area contributed by atoms with Crippen molar-refractivity contribution in [2.75, 3.05) is 6.54 Å². The Morgan fingerprint density at radius 1 is 1.12 bits per heavy atom. The van der Waals surface area contributed by atoms with Gasteiger partial charge >= 0.3 is 12.2 Å². The highest BCUT2D eigenvalue weighted by Crippen LogP contribution is 2.17. The molecule has 0 aromatic heterocycles. The predicted octanol–water partition coefficient (Wildman–Crippen LogP) is 1.96. The summed E-state index contributed by atoms with van der Waals surface area (Å²) in [6.07, 6.45) is -0.974. The Labute approximate surface area is 101 Å². The van der Waals surface area contributed by atoms with Gasteiger partial charge in [0.15, 0.2) is 0 Å². The van der Waals surface area contributed by atoms with Crippen LogP contribution >= 0.6 is 0 Å². The maximum absolute atomic E-state index is 10.6. The van der Waals surface area contributed by atoms with Crippen LogP contribution in [-0.2, 0) is 0 Å². The maximum atomic E-state index is 10.6. The van der Waals surface area contributed by atoms with Gasteiger partial charge in [-0.2, -0.15) is 0 Å². The summed E-state index contributed by atoms with van der Waals surface area (Å²) < 4.78 is 0. The third-order valence-corrected chi connectivity index (χ3v) is 2.89. The highest BCUT2D eigenvalue weighted by molar-refractivity contribution is 5.65. The van der Waals surface area contributed by atoms with Crippen molar-refractivity contribution in [3.8, 4) is 0 Å². The molecule has 0 spiro atoms. The van der Waals surface area contributed by atoms with Gasteiger partial charge in [-0.05, 0) is 24.7 Å². The lowest BCUT2D eigenvalue weighted by molar-refractivity contribution is 0.184. The molecule has 0 bridgehead atoms. The molecule has 0 rings (SSSR count). The Morgan fingerprint density at radius 3 is 2.12 bits per heavy atom. The summed E-state index contributed by atoms with van der Waals surface area (Å²) >= 11 is 0. The topological polar surface area (TPSA) is 98.7 Å². The fourth-order valence-corrected chi connectivity index (χ4v) is 1.50. The highest BCUT2D eigenvalue weighted by Gasteiger charge is 2.17. The van der Waals surface area contributed by atoms with E-state index in [0.717, 1.165) is 0 Å². The molecule has 2 amide bonds. The molecular formula is C11H22N2O4. The molecule has 17 heavy (non-hydrogen) atoms. The van der Waals surface area contributed by atoms with E-state index in [1.807, 2.05) is 0 Å². The molecule has 0 aliphatic rings. The third kappa shape index (κ3) is 8.36. The molecule has 6 nitrogen and oxygen atoms in total. The molecule has 0 fully saturated rings. The van der Waals surface area contributed by atoms with Gasteiger partial charge in [-0.1, -0.05) is 20.8 Å². The Hall–Kier alpha value is -1.46. The molecule has 4 N–H and O–H groups in total. The minimum Gasteiger partial charge on any atom is -0.465 e. The van der Waals surface area contributed by atoms with Crippen LogP contribution in [0.4, 0.5) is 9.59 Å². The van der Waals surface area contributed by atoms with E-state index >= 15 is 0 Å². The number of carboxylic acid groups (broad SMARTS) is 2. The Bertz CT molecular complexity index is 256. The zero-order valence-corrected chi connectivity index (χ0v) is 10.6. The number of hydrogen-bond donors (Lipinski definition) is 4. The monoisotopic (exact) mass is 246 g/mol. The number of rotatable bonds is 7. The summed E-state index contributed by atoms with van der Waals surface area (Å²) in [5.74, 6) is 0.859. The lowest BCUT2D eigenvalue weighted by Gasteiger charge is -2.23. The number of carbonyl (C=O) groups is 2. The van der Waals surface area contributed by atoms with Crippen LogP contribution in [0.5, 0.6) is 0 Å². The Balaban J connectivity index is 4.13. The summed E-state index contributed by atoms with van der Waals surface area (Å²) in [4.78, 5) is 20.9. The number of amides is 2. The van der Waals surface area contributed by atoms with Crippen molar-refractivity contribution < 1.29 is 19.8 Å². The van der Waals surface area contributed by atoms with E-state index in [9.17, 15) is 9.59 Å². The predicted molar refractivity (Wildman–Crippen MR) is 64.2 cm³/mol. The first-order valence-corrected chi connectivity index (χ1v) is 5.79. The standard InChI is InChI=1S/C11H22N2O4/c1-7(2)8(3)6-9(13-11(16)17)4-5-12-10(14)15/h7-9,12-13H,4-6H2,1-3H3,(H,14,15)(H,16,17). The van der Waals surface area contributed by atoms with E-state index in [2.05, 4.69) is 31.4 Å². The van der Waals surface area contributed by atoms with E-state index < -0.39 is 12.2 Å². The van der Waals surface area contributed by atoms with Gasteiger partial charge in [-0.15, -0.1) is 0 Å². The van der Waals surface area contributed by atoms with Gasteiger partial charge in [0.05, 0.1) is 0 Å². The minimum absolute atomic E-state index is 0.211. The first-order valence-electron chi connectivity index (χ1n) is 5.79. The van der Waals surface area contributed by atoms with Crippen LogP contribution in [-0.4, -0.2) is 35.0 Å². The minimum atomic E-state index is -1.09. The van der Waals surface area contributed by atoms with Gasteiger partial charge in [0.1, 0.15) is 0 Å². The van der Waals surface area contributed by atoms with E-state index in [0.29, 0.717) is 24.7 Å². The second kappa shape index (κ2) is 7.76. The summed E-state index contributed by atoms with van der Waals surface area (Å²) in [6.45, 7) is 6.48. The Morgan fingerprint density at radius 2 is 1.71 bits per heavy atom. The quantitative estimate of drug-likeness (QED) is 0.552. The van der Waals surface area contributed by atoms with Crippen LogP contribution in [0.2, 0.25) is 0 Å². The summed E-state index contributed by atoms with van der Waals surface area (Å²) in [5.41, 5.74) is 0. The molecule has 0 heterocycles. The average Bonchev–Trinajstić information content (AvgIpc) is 2.15. The molecule has 0 radical (unpaired) electrons. The van der Waals surface area contributed by atoms with Crippen LogP contribution in [0.15, 0.2) is 0 Å². The Kier molecular flexibility index (Phi) is 7.09. The van der Waals surface area contributed by atoms with Crippen molar-refractivity contribution in [3.05, 3.63) is 0 Å². The summed E-state index contributed by atoms with van der Waals surface area (Å²) in [6, 6.07) is -0.211. The van der Waals surface area contributed by atoms with Gasteiger partial charge in [0.25, 0.3) is 0 Å². The van der Waals surface area contributed by atoms with Gasteiger partial charge in [0, 0.05) is 12.6 Å². The molecular weight excluding hydrogens is 224 g/mol. The molecule has 6 heteroatoms. The third-order valence-electron chi connectivity index (χ3n) is 2.89. The average molecular weight is 246 g/mol. The van der Waals surface area contributed by atoms with Crippen molar-refractivity contribution in [2.24, 2.45) is 11.8 Å². The second-order valence-corrected chi connectivity index (χ2v) is 4.62. The lowest BCUT2D eigenvalue weighted by Crippen LogP contribution is -2.38. The number of hydrogen-bond acceptors (Lipinski definition) is 2. The molecule has 2 atom stereocenters. The van der Waals surface area contributed by atoms with Crippen LogP contribution in [0.25, 0.3) is 0 Å². The zero-order chi connectivity index (χ0) is 13.4. The fraction of sp³-hybridized carbons (Fsp3) is 0.818. The fourth-order valence-electron chi connectivity index (χ4n) is 1.50. The van der Waals surface area contributed by atoms with Gasteiger partial charge < -0.3 is 20.8 Å². The van der Waals surface area contributed by atoms with Crippen molar-refractivity contribution in [1.82, 2.24) is 10.6 Å². The first kappa shape index (κ1) is 15.5. The second-order valence-electron chi connectivity index (χ2n) is 4.62. The molecule has 0 aliphatic heterocycles. The van der Waals surface area contributed by atoms with Gasteiger partial charge in [0.2, 0.25) is 0 Å². The van der Waals surface area contributed by atoms with Gasteiger partial charge in [-0.25, -0.2) is 9.59 Å². The zero-order valence-electron chi connectivity index (χ0n) is 10.6. The van der Waals surface area contributed by atoms with E-state index in [4.69, 9.17) is 10.2 Å². The molecule has 100 valence electrons. The SMILES string of the molecule is CC(C)C(C)CC(CCNC(=O)O)NC(=O)O. The van der Waals surface area contributed by atoms with Crippen LogP contribution in [0.3, 0.4) is 0 Å².